The standard InChI is InChI=1S/C21H26N4O2/c1-21(2,3)27-20(26)25-13-16-11-24(12-17(16)14-25)19-10-9-18(22-23-19)15-7-5-4-6-8-15/h4-10,16-17H,11-14H2,1-3H3. The van der Waals surface area contributed by atoms with Crippen molar-refractivity contribution in [1.29, 1.82) is 0 Å². The summed E-state index contributed by atoms with van der Waals surface area (Å²) in [6, 6.07) is 14.1. The molecule has 6 heteroatoms. The molecule has 2 fully saturated rings. The van der Waals surface area contributed by atoms with Gasteiger partial charge in [-0.05, 0) is 32.9 Å². The summed E-state index contributed by atoms with van der Waals surface area (Å²) in [5.41, 5.74) is 1.51. The Morgan fingerprint density at radius 3 is 2.19 bits per heavy atom. The first-order valence-corrected chi connectivity index (χ1v) is 9.51. The highest BCUT2D eigenvalue weighted by molar-refractivity contribution is 5.68. The molecule has 1 aromatic heterocycles. The summed E-state index contributed by atoms with van der Waals surface area (Å²) in [5.74, 6) is 1.84. The number of fused-ring (bicyclic) bond motifs is 1. The van der Waals surface area contributed by atoms with E-state index in [2.05, 4.69) is 15.1 Å². The minimum absolute atomic E-state index is 0.199. The van der Waals surface area contributed by atoms with Crippen LogP contribution in [0.2, 0.25) is 0 Å². The number of amides is 1. The zero-order valence-corrected chi connectivity index (χ0v) is 16.1. The number of anilines is 1. The molecule has 27 heavy (non-hydrogen) atoms. The molecule has 0 radical (unpaired) electrons. The molecule has 2 saturated heterocycles. The molecule has 6 nitrogen and oxygen atoms in total. The fraction of sp³-hybridized carbons (Fsp3) is 0.476. The van der Waals surface area contributed by atoms with Crippen LogP contribution in [0.25, 0.3) is 11.3 Å². The molecule has 0 N–H and O–H groups in total. The van der Waals surface area contributed by atoms with Crippen LogP contribution in [0.3, 0.4) is 0 Å². The van der Waals surface area contributed by atoms with Gasteiger partial charge in [0.25, 0.3) is 0 Å². The molecular weight excluding hydrogens is 340 g/mol. The van der Waals surface area contributed by atoms with Crippen LogP contribution in [0.1, 0.15) is 20.8 Å². The number of aromatic nitrogens is 2. The third-order valence-corrected chi connectivity index (χ3v) is 5.18. The van der Waals surface area contributed by atoms with Crippen LogP contribution in [0, 0.1) is 11.8 Å². The molecule has 2 aromatic rings. The van der Waals surface area contributed by atoms with Crippen molar-refractivity contribution in [3.8, 4) is 11.3 Å². The van der Waals surface area contributed by atoms with Gasteiger partial charge in [0.2, 0.25) is 0 Å². The van der Waals surface area contributed by atoms with Gasteiger partial charge in [-0.1, -0.05) is 30.3 Å². The van der Waals surface area contributed by atoms with Crippen LogP contribution in [0.15, 0.2) is 42.5 Å². The van der Waals surface area contributed by atoms with Gasteiger partial charge in [0.1, 0.15) is 5.60 Å². The van der Waals surface area contributed by atoms with Crippen molar-refractivity contribution in [3.63, 3.8) is 0 Å². The zero-order chi connectivity index (χ0) is 19.0. The summed E-state index contributed by atoms with van der Waals surface area (Å²) in [5, 5.41) is 8.83. The lowest BCUT2D eigenvalue weighted by Gasteiger charge is -2.26. The number of carbonyl (C=O) groups excluding carboxylic acids is 1. The van der Waals surface area contributed by atoms with Crippen LogP contribution in [-0.2, 0) is 4.74 Å². The smallest absolute Gasteiger partial charge is 0.410 e. The Hall–Kier alpha value is -2.63. The highest BCUT2D eigenvalue weighted by atomic mass is 16.6. The number of nitrogens with zero attached hydrogens (tertiary/aromatic N) is 4. The average Bonchev–Trinajstić information content (AvgIpc) is 3.20. The number of hydrogen-bond donors (Lipinski definition) is 0. The normalized spacial score (nSPS) is 22.0. The van der Waals surface area contributed by atoms with Gasteiger partial charge in [-0.25, -0.2) is 4.79 Å². The van der Waals surface area contributed by atoms with Gasteiger partial charge in [-0.2, -0.15) is 0 Å². The fourth-order valence-corrected chi connectivity index (χ4v) is 3.91. The molecular formula is C21H26N4O2. The number of carbonyl (C=O) groups is 1. The van der Waals surface area contributed by atoms with E-state index in [0.717, 1.165) is 43.3 Å². The Bertz CT molecular complexity index is 787. The topological polar surface area (TPSA) is 58.6 Å². The van der Waals surface area contributed by atoms with Crippen LogP contribution in [0.4, 0.5) is 10.6 Å². The molecule has 0 saturated carbocycles. The van der Waals surface area contributed by atoms with Crippen molar-refractivity contribution >= 4 is 11.9 Å². The highest BCUT2D eigenvalue weighted by Crippen LogP contribution is 2.34. The summed E-state index contributed by atoms with van der Waals surface area (Å²) in [7, 11) is 0. The van der Waals surface area contributed by atoms with E-state index in [4.69, 9.17) is 4.74 Å². The zero-order valence-electron chi connectivity index (χ0n) is 16.1. The molecule has 2 aliphatic rings. The van der Waals surface area contributed by atoms with Crippen LogP contribution < -0.4 is 4.90 Å². The first-order chi connectivity index (χ1) is 12.9. The van der Waals surface area contributed by atoms with Crippen LogP contribution in [0.5, 0.6) is 0 Å². The quantitative estimate of drug-likeness (QED) is 0.815. The van der Waals surface area contributed by atoms with Crippen molar-refractivity contribution in [2.75, 3.05) is 31.1 Å². The Kier molecular flexibility index (Phi) is 4.50. The van der Waals surface area contributed by atoms with E-state index in [1.54, 1.807) is 0 Å². The number of rotatable bonds is 2. The molecule has 0 bridgehead atoms. The van der Waals surface area contributed by atoms with Gasteiger partial charge < -0.3 is 14.5 Å². The summed E-state index contributed by atoms with van der Waals surface area (Å²) in [6.07, 6.45) is -0.199. The average molecular weight is 366 g/mol. The number of likely N-dealkylation sites (tertiary alicyclic amines) is 1. The van der Waals surface area contributed by atoms with E-state index in [9.17, 15) is 4.79 Å². The van der Waals surface area contributed by atoms with Gasteiger partial charge in [-0.3, -0.25) is 0 Å². The first kappa shape index (κ1) is 17.8. The number of ether oxygens (including phenoxy) is 1. The molecule has 0 spiro atoms. The van der Waals surface area contributed by atoms with Gasteiger partial charge in [0.05, 0.1) is 5.69 Å². The second-order valence-corrected chi connectivity index (χ2v) is 8.45. The van der Waals surface area contributed by atoms with Gasteiger partial charge in [0, 0.05) is 43.6 Å². The van der Waals surface area contributed by atoms with E-state index in [-0.39, 0.29) is 6.09 Å². The number of hydrogen-bond acceptors (Lipinski definition) is 5. The lowest BCUT2D eigenvalue weighted by molar-refractivity contribution is 0.0282. The minimum atomic E-state index is -0.448. The third kappa shape index (κ3) is 3.89. The molecule has 1 amide bonds. The molecule has 2 aliphatic heterocycles. The van der Waals surface area contributed by atoms with E-state index in [1.807, 2.05) is 68.1 Å². The van der Waals surface area contributed by atoms with Crippen molar-refractivity contribution in [3.05, 3.63) is 42.5 Å². The van der Waals surface area contributed by atoms with Gasteiger partial charge >= 0.3 is 6.09 Å². The van der Waals surface area contributed by atoms with Gasteiger partial charge in [0.15, 0.2) is 5.82 Å². The summed E-state index contributed by atoms with van der Waals surface area (Å²) >= 11 is 0. The number of benzene rings is 1. The molecule has 0 aliphatic carbocycles. The van der Waals surface area contributed by atoms with E-state index in [1.165, 1.54) is 0 Å². The molecule has 2 atom stereocenters. The van der Waals surface area contributed by atoms with Crippen molar-refractivity contribution < 1.29 is 9.53 Å². The Morgan fingerprint density at radius 2 is 1.63 bits per heavy atom. The Labute approximate surface area is 160 Å². The molecule has 4 rings (SSSR count). The Balaban J connectivity index is 1.37. The molecule has 142 valence electrons. The van der Waals surface area contributed by atoms with E-state index < -0.39 is 5.60 Å². The van der Waals surface area contributed by atoms with Crippen molar-refractivity contribution in [2.24, 2.45) is 11.8 Å². The summed E-state index contributed by atoms with van der Waals surface area (Å²) in [6.45, 7) is 9.04. The molecule has 2 unspecified atom stereocenters. The SMILES string of the molecule is CC(C)(C)OC(=O)N1CC2CN(c3ccc(-c4ccccc4)nn3)CC2C1. The fourth-order valence-electron chi connectivity index (χ4n) is 3.91. The van der Waals surface area contributed by atoms with Crippen LogP contribution >= 0.6 is 0 Å². The first-order valence-electron chi connectivity index (χ1n) is 9.51. The monoisotopic (exact) mass is 366 g/mol. The van der Waals surface area contributed by atoms with E-state index >= 15 is 0 Å². The second kappa shape index (κ2) is 6.83. The Morgan fingerprint density at radius 1 is 0.963 bits per heavy atom. The maximum absolute atomic E-state index is 12.3. The molecule has 3 heterocycles. The van der Waals surface area contributed by atoms with Gasteiger partial charge in [-0.15, -0.1) is 10.2 Å². The predicted molar refractivity (Wildman–Crippen MR) is 104 cm³/mol. The van der Waals surface area contributed by atoms with Crippen molar-refractivity contribution in [1.82, 2.24) is 15.1 Å². The predicted octanol–water partition coefficient (Wildman–Crippen LogP) is 3.45. The van der Waals surface area contributed by atoms with Crippen molar-refractivity contribution in [2.45, 2.75) is 26.4 Å². The summed E-state index contributed by atoms with van der Waals surface area (Å²) in [4.78, 5) is 16.4. The maximum Gasteiger partial charge on any atom is 0.410 e. The largest absolute Gasteiger partial charge is 0.444 e. The second-order valence-electron chi connectivity index (χ2n) is 8.45. The van der Waals surface area contributed by atoms with E-state index in [0.29, 0.717) is 11.8 Å². The van der Waals surface area contributed by atoms with Crippen LogP contribution in [-0.4, -0.2) is 53.0 Å². The third-order valence-electron chi connectivity index (χ3n) is 5.18. The summed E-state index contributed by atoms with van der Waals surface area (Å²) < 4.78 is 5.50. The maximum atomic E-state index is 12.3. The lowest BCUT2D eigenvalue weighted by atomic mass is 10.0. The highest BCUT2D eigenvalue weighted by Gasteiger charge is 2.43. The molecule has 1 aromatic carbocycles. The minimum Gasteiger partial charge on any atom is -0.444 e. The lowest BCUT2D eigenvalue weighted by Crippen LogP contribution is -2.37.